The molecule has 1 aromatic heterocycles. The Bertz CT molecular complexity index is 567. The molecule has 4 nitrogen and oxygen atoms in total. The number of carbonyl (C=O) groups excluding carboxylic acids is 1. The molecule has 2 rings (SSSR count). The van der Waals surface area contributed by atoms with Gasteiger partial charge in [-0.25, -0.2) is 9.78 Å². The molecule has 0 amide bonds. The van der Waals surface area contributed by atoms with Crippen LogP contribution in [0.25, 0.3) is 11.3 Å². The van der Waals surface area contributed by atoms with Gasteiger partial charge in [-0.15, -0.1) is 0 Å². The number of aromatic nitrogens is 1. The average Bonchev–Trinajstić information content (AvgIpc) is 2.39. The van der Waals surface area contributed by atoms with Crippen LogP contribution < -0.4 is 5.73 Å². The second-order valence-corrected chi connectivity index (χ2v) is 3.75. The van der Waals surface area contributed by atoms with Crippen LogP contribution in [0.5, 0.6) is 0 Å². The van der Waals surface area contributed by atoms with Crippen LogP contribution in [0.3, 0.4) is 0 Å². The summed E-state index contributed by atoms with van der Waals surface area (Å²) in [6.45, 7) is 2.10. The number of carbonyl (C=O) groups is 1. The molecule has 0 unspecified atom stereocenters. The van der Waals surface area contributed by atoms with Crippen LogP contribution in [0.15, 0.2) is 42.5 Å². The molecule has 1 heterocycles. The highest BCUT2D eigenvalue weighted by molar-refractivity contribution is 5.88. The number of benzene rings is 1. The fourth-order valence-corrected chi connectivity index (χ4v) is 1.61. The van der Waals surface area contributed by atoms with Crippen LogP contribution in [-0.4, -0.2) is 17.6 Å². The van der Waals surface area contributed by atoms with Gasteiger partial charge in [-0.05, 0) is 31.2 Å². The Morgan fingerprint density at radius 3 is 2.78 bits per heavy atom. The molecular weight excluding hydrogens is 228 g/mol. The molecule has 4 heteroatoms. The van der Waals surface area contributed by atoms with E-state index in [1.165, 1.54) is 0 Å². The standard InChI is InChI=1S/C14H14N2O2/c1-2-18-14(17)13-8-4-7-12(16-13)10-5-3-6-11(15)9-10/h3-9H,2,15H2,1H3. The van der Waals surface area contributed by atoms with E-state index in [1.807, 2.05) is 24.3 Å². The first kappa shape index (κ1) is 12.1. The summed E-state index contributed by atoms with van der Waals surface area (Å²) in [7, 11) is 0. The minimum atomic E-state index is -0.414. The second kappa shape index (κ2) is 5.31. The van der Waals surface area contributed by atoms with Crippen molar-refractivity contribution in [2.24, 2.45) is 0 Å². The molecule has 0 aliphatic carbocycles. The summed E-state index contributed by atoms with van der Waals surface area (Å²) < 4.78 is 4.92. The lowest BCUT2D eigenvalue weighted by Gasteiger charge is -2.05. The van der Waals surface area contributed by atoms with Gasteiger partial charge in [0, 0.05) is 11.3 Å². The topological polar surface area (TPSA) is 65.2 Å². The lowest BCUT2D eigenvalue weighted by molar-refractivity contribution is 0.0519. The lowest BCUT2D eigenvalue weighted by atomic mass is 10.1. The zero-order valence-corrected chi connectivity index (χ0v) is 10.1. The Morgan fingerprint density at radius 1 is 1.28 bits per heavy atom. The second-order valence-electron chi connectivity index (χ2n) is 3.75. The maximum Gasteiger partial charge on any atom is 0.356 e. The molecule has 0 bridgehead atoms. The minimum Gasteiger partial charge on any atom is -0.461 e. The minimum absolute atomic E-state index is 0.303. The summed E-state index contributed by atoms with van der Waals surface area (Å²) in [5, 5.41) is 0. The van der Waals surface area contributed by atoms with Crippen molar-refractivity contribution in [1.29, 1.82) is 0 Å². The molecule has 0 radical (unpaired) electrons. The Balaban J connectivity index is 2.35. The van der Waals surface area contributed by atoms with Gasteiger partial charge in [-0.1, -0.05) is 18.2 Å². The Morgan fingerprint density at radius 2 is 2.06 bits per heavy atom. The molecule has 0 fully saturated rings. The van der Waals surface area contributed by atoms with Gasteiger partial charge in [0.05, 0.1) is 12.3 Å². The molecular formula is C14H14N2O2. The van der Waals surface area contributed by atoms with E-state index in [2.05, 4.69) is 4.98 Å². The fraction of sp³-hybridized carbons (Fsp3) is 0.143. The van der Waals surface area contributed by atoms with E-state index in [9.17, 15) is 4.79 Å². The third kappa shape index (κ3) is 2.66. The Kier molecular flexibility index (Phi) is 3.57. The van der Waals surface area contributed by atoms with Crippen molar-refractivity contribution >= 4 is 11.7 Å². The number of pyridine rings is 1. The molecule has 0 saturated carbocycles. The monoisotopic (exact) mass is 242 g/mol. The van der Waals surface area contributed by atoms with Crippen molar-refractivity contribution in [3.8, 4) is 11.3 Å². The van der Waals surface area contributed by atoms with Crippen molar-refractivity contribution in [1.82, 2.24) is 4.98 Å². The van der Waals surface area contributed by atoms with E-state index >= 15 is 0 Å². The van der Waals surface area contributed by atoms with Gasteiger partial charge < -0.3 is 10.5 Å². The molecule has 1 aromatic carbocycles. The average molecular weight is 242 g/mol. The highest BCUT2D eigenvalue weighted by atomic mass is 16.5. The van der Waals surface area contributed by atoms with Gasteiger partial charge in [0.1, 0.15) is 5.69 Å². The van der Waals surface area contributed by atoms with E-state index in [0.717, 1.165) is 5.56 Å². The van der Waals surface area contributed by atoms with Crippen molar-refractivity contribution in [2.75, 3.05) is 12.3 Å². The zero-order valence-electron chi connectivity index (χ0n) is 10.1. The van der Waals surface area contributed by atoms with Crippen molar-refractivity contribution in [3.63, 3.8) is 0 Å². The number of anilines is 1. The third-order valence-electron chi connectivity index (χ3n) is 2.42. The molecule has 18 heavy (non-hydrogen) atoms. The van der Waals surface area contributed by atoms with Gasteiger partial charge in [0.2, 0.25) is 0 Å². The maximum absolute atomic E-state index is 11.6. The molecule has 0 atom stereocenters. The molecule has 92 valence electrons. The van der Waals surface area contributed by atoms with E-state index in [4.69, 9.17) is 10.5 Å². The number of hydrogen-bond donors (Lipinski definition) is 1. The Labute approximate surface area is 105 Å². The molecule has 0 aliphatic heterocycles. The SMILES string of the molecule is CCOC(=O)c1cccc(-c2cccc(N)c2)n1. The summed E-state index contributed by atoms with van der Waals surface area (Å²) in [6, 6.07) is 12.6. The van der Waals surface area contributed by atoms with Crippen LogP contribution in [0.1, 0.15) is 17.4 Å². The number of nitrogen functional groups attached to an aromatic ring is 1. The van der Waals surface area contributed by atoms with Gasteiger partial charge in [0.15, 0.2) is 0 Å². The highest BCUT2D eigenvalue weighted by Crippen LogP contribution is 2.19. The van der Waals surface area contributed by atoms with Crippen LogP contribution >= 0.6 is 0 Å². The normalized spacial score (nSPS) is 10.1. The lowest BCUT2D eigenvalue weighted by Crippen LogP contribution is -2.07. The van der Waals surface area contributed by atoms with Crippen LogP contribution in [-0.2, 0) is 4.74 Å². The first-order valence-electron chi connectivity index (χ1n) is 5.71. The first-order chi connectivity index (χ1) is 8.70. The van der Waals surface area contributed by atoms with Crippen LogP contribution in [0.2, 0.25) is 0 Å². The Hall–Kier alpha value is -2.36. The summed E-state index contributed by atoms with van der Waals surface area (Å²) >= 11 is 0. The number of ether oxygens (including phenoxy) is 1. The van der Waals surface area contributed by atoms with Gasteiger partial charge >= 0.3 is 5.97 Å². The first-order valence-corrected chi connectivity index (χ1v) is 5.71. The molecule has 2 N–H and O–H groups in total. The molecule has 2 aromatic rings. The van der Waals surface area contributed by atoms with Crippen molar-refractivity contribution in [2.45, 2.75) is 6.92 Å². The molecule has 0 spiro atoms. The summed E-state index contributed by atoms with van der Waals surface area (Å²) in [6.07, 6.45) is 0. The number of nitrogens with two attached hydrogens (primary N) is 1. The number of rotatable bonds is 3. The molecule has 0 aliphatic rings. The number of hydrogen-bond acceptors (Lipinski definition) is 4. The van der Waals surface area contributed by atoms with Crippen LogP contribution in [0.4, 0.5) is 5.69 Å². The third-order valence-corrected chi connectivity index (χ3v) is 2.42. The zero-order chi connectivity index (χ0) is 13.0. The maximum atomic E-state index is 11.6. The van der Waals surface area contributed by atoms with E-state index < -0.39 is 5.97 Å². The molecule has 0 saturated heterocycles. The van der Waals surface area contributed by atoms with Gasteiger partial charge in [-0.3, -0.25) is 0 Å². The number of nitrogens with zero attached hydrogens (tertiary/aromatic N) is 1. The summed E-state index contributed by atoms with van der Waals surface area (Å²) in [5.41, 5.74) is 8.27. The predicted octanol–water partition coefficient (Wildman–Crippen LogP) is 2.51. The number of esters is 1. The van der Waals surface area contributed by atoms with Crippen molar-refractivity contribution < 1.29 is 9.53 Å². The van der Waals surface area contributed by atoms with Gasteiger partial charge in [0.25, 0.3) is 0 Å². The largest absolute Gasteiger partial charge is 0.461 e. The predicted molar refractivity (Wildman–Crippen MR) is 70.0 cm³/mol. The van der Waals surface area contributed by atoms with Crippen LogP contribution in [0, 0.1) is 0 Å². The smallest absolute Gasteiger partial charge is 0.356 e. The fourth-order valence-electron chi connectivity index (χ4n) is 1.61. The summed E-state index contributed by atoms with van der Waals surface area (Å²) in [5.74, 6) is -0.414. The van der Waals surface area contributed by atoms with Crippen molar-refractivity contribution in [3.05, 3.63) is 48.2 Å². The van der Waals surface area contributed by atoms with E-state index in [1.54, 1.807) is 25.1 Å². The quantitative estimate of drug-likeness (QED) is 0.663. The van der Waals surface area contributed by atoms with E-state index in [-0.39, 0.29) is 0 Å². The summed E-state index contributed by atoms with van der Waals surface area (Å²) in [4.78, 5) is 15.9. The highest BCUT2D eigenvalue weighted by Gasteiger charge is 2.09. The van der Waals surface area contributed by atoms with Gasteiger partial charge in [-0.2, -0.15) is 0 Å². The van der Waals surface area contributed by atoms with E-state index in [0.29, 0.717) is 23.7 Å².